The Morgan fingerprint density at radius 2 is 1.86 bits per heavy atom. The molecule has 4 aromatic rings. The molecule has 0 fully saturated rings. The zero-order valence-corrected chi connectivity index (χ0v) is 21.3. The first kappa shape index (κ1) is 25.5. The molecule has 37 heavy (non-hydrogen) atoms. The molecule has 0 aliphatic heterocycles. The molecular weight excluding hydrogens is 477 g/mol. The first-order valence-electron chi connectivity index (χ1n) is 11.6. The number of hydrogen-bond donors (Lipinski definition) is 3. The minimum atomic E-state index is -0.544. The van der Waals surface area contributed by atoms with Gasteiger partial charge in [0.15, 0.2) is 11.6 Å². The Hall–Kier alpha value is -4.61. The third-order valence-electron chi connectivity index (χ3n) is 5.48. The van der Waals surface area contributed by atoms with Crippen molar-refractivity contribution in [1.29, 1.82) is 0 Å². The number of carbonyl (C=O) groups is 1. The van der Waals surface area contributed by atoms with E-state index in [1.165, 1.54) is 18.0 Å². The van der Waals surface area contributed by atoms with E-state index in [9.17, 15) is 9.18 Å². The molecule has 0 bridgehead atoms. The highest BCUT2D eigenvalue weighted by molar-refractivity contribution is 6.00. The van der Waals surface area contributed by atoms with E-state index in [-0.39, 0.29) is 12.5 Å². The molecule has 0 atom stereocenters. The van der Waals surface area contributed by atoms with Crippen molar-refractivity contribution in [1.82, 2.24) is 35.0 Å². The van der Waals surface area contributed by atoms with Crippen LogP contribution < -0.4 is 20.7 Å². The van der Waals surface area contributed by atoms with Crippen molar-refractivity contribution in [2.75, 3.05) is 31.5 Å². The van der Waals surface area contributed by atoms with Crippen molar-refractivity contribution in [2.24, 2.45) is 0 Å². The molecule has 3 N–H and O–H groups in total. The minimum Gasteiger partial charge on any atom is -0.494 e. The third kappa shape index (κ3) is 5.63. The van der Waals surface area contributed by atoms with Crippen LogP contribution >= 0.6 is 0 Å². The summed E-state index contributed by atoms with van der Waals surface area (Å²) in [5.74, 6) is 2.84. The number of rotatable bonds is 9. The molecule has 4 rings (SSSR count). The van der Waals surface area contributed by atoms with E-state index in [1.54, 1.807) is 26.1 Å². The van der Waals surface area contributed by atoms with Gasteiger partial charge in [-0.2, -0.15) is 5.10 Å². The summed E-state index contributed by atoms with van der Waals surface area (Å²) in [5.41, 5.74) is 2.83. The fourth-order valence-corrected chi connectivity index (χ4v) is 3.86. The lowest BCUT2D eigenvalue weighted by Gasteiger charge is -2.17. The summed E-state index contributed by atoms with van der Waals surface area (Å²) in [7, 11) is 3.09. The van der Waals surface area contributed by atoms with Crippen LogP contribution in [0, 0.1) is 20.8 Å². The number of aryl methyl sites for hydroxylation is 4. The van der Waals surface area contributed by atoms with Gasteiger partial charge < -0.3 is 20.7 Å². The van der Waals surface area contributed by atoms with E-state index in [1.807, 2.05) is 32.0 Å². The summed E-state index contributed by atoms with van der Waals surface area (Å²) in [6.45, 7) is 5.03. The predicted octanol–water partition coefficient (Wildman–Crippen LogP) is 3.88. The highest BCUT2D eigenvalue weighted by Gasteiger charge is 2.19. The molecule has 0 unspecified atom stereocenters. The van der Waals surface area contributed by atoms with Gasteiger partial charge in [-0.1, -0.05) is 6.07 Å². The van der Waals surface area contributed by atoms with E-state index in [4.69, 9.17) is 4.74 Å². The standard InChI is InChI=1S/C25H28FN9O2/c1-14-11-22(30-15(2)29-14)33-21-12-20(18(13-28-21)25(36)27-4)32-19-8-6-7-17(23(19)37-5)24-31-16(3)35(34-24)10-9-26/h6-8,11-13H,9-10H2,1-5H3,(H,27,36)(H2,28,29,30,32,33). The Morgan fingerprint density at radius 3 is 2.57 bits per heavy atom. The van der Waals surface area contributed by atoms with Crippen molar-refractivity contribution in [3.8, 4) is 17.1 Å². The third-order valence-corrected chi connectivity index (χ3v) is 5.48. The molecule has 192 valence electrons. The number of anilines is 4. The van der Waals surface area contributed by atoms with E-state index < -0.39 is 6.67 Å². The Bertz CT molecular complexity index is 1420. The van der Waals surface area contributed by atoms with Crippen LogP contribution in [0.15, 0.2) is 36.5 Å². The van der Waals surface area contributed by atoms with E-state index in [0.717, 1.165) is 5.69 Å². The number of aromatic nitrogens is 6. The van der Waals surface area contributed by atoms with Gasteiger partial charge in [0.1, 0.15) is 30.0 Å². The zero-order chi connectivity index (χ0) is 26.5. The molecule has 11 nitrogen and oxygen atoms in total. The van der Waals surface area contributed by atoms with Crippen LogP contribution in [0.4, 0.5) is 27.4 Å². The number of benzene rings is 1. The van der Waals surface area contributed by atoms with Gasteiger partial charge in [0.2, 0.25) is 0 Å². The van der Waals surface area contributed by atoms with Gasteiger partial charge in [0.25, 0.3) is 5.91 Å². The van der Waals surface area contributed by atoms with Crippen LogP contribution in [0.1, 0.15) is 27.7 Å². The van der Waals surface area contributed by atoms with Crippen LogP contribution in [0.5, 0.6) is 5.75 Å². The highest BCUT2D eigenvalue weighted by atomic mass is 19.1. The summed E-state index contributed by atoms with van der Waals surface area (Å²) in [5, 5.41) is 13.5. The number of hydrogen-bond acceptors (Lipinski definition) is 9. The van der Waals surface area contributed by atoms with Gasteiger partial charge in [-0.3, -0.25) is 4.79 Å². The summed E-state index contributed by atoms with van der Waals surface area (Å²) < 4.78 is 20.1. The lowest BCUT2D eigenvalue weighted by Crippen LogP contribution is -2.19. The Morgan fingerprint density at radius 1 is 1.05 bits per heavy atom. The predicted molar refractivity (Wildman–Crippen MR) is 138 cm³/mol. The molecular formula is C25H28FN9O2. The molecule has 0 spiro atoms. The number of para-hydroxylation sites is 1. The smallest absolute Gasteiger partial charge is 0.254 e. The molecule has 0 saturated carbocycles. The second-order valence-corrected chi connectivity index (χ2v) is 8.17. The summed E-state index contributed by atoms with van der Waals surface area (Å²) in [6, 6.07) is 8.96. The minimum absolute atomic E-state index is 0.118. The van der Waals surface area contributed by atoms with Crippen LogP contribution in [0.2, 0.25) is 0 Å². The van der Waals surface area contributed by atoms with Crippen molar-refractivity contribution in [2.45, 2.75) is 27.3 Å². The first-order chi connectivity index (χ1) is 17.8. The van der Waals surface area contributed by atoms with Gasteiger partial charge in [0, 0.05) is 31.1 Å². The topological polar surface area (TPSA) is 132 Å². The van der Waals surface area contributed by atoms with E-state index in [2.05, 4.69) is 41.0 Å². The molecule has 3 aromatic heterocycles. The molecule has 3 heterocycles. The fourth-order valence-electron chi connectivity index (χ4n) is 3.86. The van der Waals surface area contributed by atoms with Crippen molar-refractivity contribution in [3.05, 3.63) is 59.4 Å². The lowest BCUT2D eigenvalue weighted by atomic mass is 10.1. The molecule has 0 radical (unpaired) electrons. The second-order valence-electron chi connectivity index (χ2n) is 8.17. The van der Waals surface area contributed by atoms with Crippen molar-refractivity contribution in [3.63, 3.8) is 0 Å². The molecule has 0 aliphatic carbocycles. The maximum absolute atomic E-state index is 12.9. The summed E-state index contributed by atoms with van der Waals surface area (Å²) >= 11 is 0. The van der Waals surface area contributed by atoms with Gasteiger partial charge in [-0.05, 0) is 32.9 Å². The van der Waals surface area contributed by atoms with Gasteiger partial charge in [-0.25, -0.2) is 29.0 Å². The van der Waals surface area contributed by atoms with Gasteiger partial charge >= 0.3 is 0 Å². The Balaban J connectivity index is 1.73. The average Bonchev–Trinajstić information content (AvgIpc) is 3.23. The van der Waals surface area contributed by atoms with Crippen LogP contribution in [0.25, 0.3) is 11.4 Å². The summed E-state index contributed by atoms with van der Waals surface area (Å²) in [6.07, 6.45) is 1.48. The number of methoxy groups -OCH3 is 1. The lowest BCUT2D eigenvalue weighted by molar-refractivity contribution is 0.0963. The monoisotopic (exact) mass is 505 g/mol. The number of alkyl halides is 1. The maximum Gasteiger partial charge on any atom is 0.254 e. The molecule has 12 heteroatoms. The molecule has 0 aliphatic rings. The first-order valence-corrected chi connectivity index (χ1v) is 11.6. The quantitative estimate of drug-likeness (QED) is 0.310. The molecule has 0 saturated heterocycles. The fraction of sp³-hybridized carbons (Fsp3) is 0.280. The molecule has 1 aromatic carbocycles. The number of amides is 1. The number of halogens is 1. The second kappa shape index (κ2) is 11.0. The number of carbonyl (C=O) groups excluding carboxylic acids is 1. The van der Waals surface area contributed by atoms with Crippen molar-refractivity contribution < 1.29 is 13.9 Å². The number of nitrogens with one attached hydrogen (secondary N) is 3. The van der Waals surface area contributed by atoms with Gasteiger partial charge in [-0.15, -0.1) is 0 Å². The van der Waals surface area contributed by atoms with Crippen molar-refractivity contribution >= 4 is 28.9 Å². The SMILES string of the molecule is CNC(=O)c1cnc(Nc2cc(C)nc(C)n2)cc1Nc1cccc(-c2nc(C)n(CCF)n2)c1OC. The Labute approximate surface area is 213 Å². The van der Waals surface area contributed by atoms with Gasteiger partial charge in [0.05, 0.1) is 36.2 Å². The largest absolute Gasteiger partial charge is 0.494 e. The normalized spacial score (nSPS) is 10.8. The number of ether oxygens (including phenoxy) is 1. The zero-order valence-electron chi connectivity index (χ0n) is 21.3. The molecule has 1 amide bonds. The van der Waals surface area contributed by atoms with E-state index >= 15 is 0 Å². The maximum atomic E-state index is 12.9. The van der Waals surface area contributed by atoms with Crippen LogP contribution in [-0.2, 0) is 6.54 Å². The average molecular weight is 506 g/mol. The highest BCUT2D eigenvalue weighted by Crippen LogP contribution is 2.37. The Kier molecular flexibility index (Phi) is 7.56. The van der Waals surface area contributed by atoms with Crippen LogP contribution in [-0.4, -0.2) is 56.5 Å². The summed E-state index contributed by atoms with van der Waals surface area (Å²) in [4.78, 5) is 30.1. The van der Waals surface area contributed by atoms with E-state index in [0.29, 0.717) is 57.4 Å². The van der Waals surface area contributed by atoms with Crippen LogP contribution in [0.3, 0.4) is 0 Å². The number of nitrogens with zero attached hydrogens (tertiary/aromatic N) is 6. The number of pyridine rings is 1.